The Hall–Kier alpha value is -0.520. The summed E-state index contributed by atoms with van der Waals surface area (Å²) in [7, 11) is 0. The highest BCUT2D eigenvalue weighted by Crippen LogP contribution is 2.18. The van der Waals surface area contributed by atoms with E-state index in [1.54, 1.807) is 0 Å². The second-order valence-corrected chi connectivity index (χ2v) is 3.56. The predicted molar refractivity (Wildman–Crippen MR) is 50.5 cm³/mol. The summed E-state index contributed by atoms with van der Waals surface area (Å²) in [4.78, 5) is 3.84. The quantitative estimate of drug-likeness (QED) is 0.850. The molecule has 1 rings (SSSR count). The molecule has 0 radical (unpaired) electrons. The number of halogens is 2. The number of aliphatic hydroxyl groups excluding tert-OH is 1. The maximum absolute atomic E-state index is 13.2. The van der Waals surface area contributed by atoms with E-state index >= 15 is 0 Å². The van der Waals surface area contributed by atoms with Crippen molar-refractivity contribution in [1.82, 2.24) is 4.98 Å². The van der Waals surface area contributed by atoms with Gasteiger partial charge < -0.3 is 10.8 Å². The molecule has 1 unspecified atom stereocenters. The van der Waals surface area contributed by atoms with Crippen LogP contribution in [0.15, 0.2) is 16.7 Å². The first-order valence-electron chi connectivity index (χ1n) is 3.82. The number of pyridine rings is 1. The Balaban J connectivity index is 2.88. The molecule has 0 fully saturated rings. The molecule has 0 spiro atoms. The van der Waals surface area contributed by atoms with Gasteiger partial charge in [0.25, 0.3) is 0 Å². The highest BCUT2D eigenvalue weighted by Gasteiger charge is 2.12. The average Bonchev–Trinajstić information content (AvgIpc) is 2.04. The van der Waals surface area contributed by atoms with Crippen molar-refractivity contribution in [3.63, 3.8) is 0 Å². The van der Waals surface area contributed by atoms with E-state index in [0.717, 1.165) is 0 Å². The van der Waals surface area contributed by atoms with Gasteiger partial charge >= 0.3 is 0 Å². The highest BCUT2D eigenvalue weighted by molar-refractivity contribution is 9.10. The van der Waals surface area contributed by atoms with Gasteiger partial charge in [0.15, 0.2) is 0 Å². The van der Waals surface area contributed by atoms with Gasteiger partial charge in [0.05, 0.1) is 11.7 Å². The lowest BCUT2D eigenvalue weighted by atomic mass is 10.1. The van der Waals surface area contributed by atoms with Crippen LogP contribution in [0, 0.1) is 5.82 Å². The minimum absolute atomic E-state index is 0.0711. The summed E-state index contributed by atoms with van der Waals surface area (Å²) >= 11 is 3.09. The molecule has 72 valence electrons. The van der Waals surface area contributed by atoms with Gasteiger partial charge in [-0.1, -0.05) is 0 Å². The molecule has 3 N–H and O–H groups in total. The molecule has 1 atom stereocenters. The predicted octanol–water partition coefficient (Wildman–Crippen LogP) is 1.37. The Morgan fingerprint density at radius 1 is 1.69 bits per heavy atom. The third-order valence-electron chi connectivity index (χ3n) is 1.63. The number of nitrogens with two attached hydrogens (primary N) is 1. The van der Waals surface area contributed by atoms with E-state index < -0.39 is 11.9 Å². The summed E-state index contributed by atoms with van der Waals surface area (Å²) < 4.78 is 13.7. The van der Waals surface area contributed by atoms with Gasteiger partial charge in [0, 0.05) is 17.3 Å². The normalized spacial score (nSPS) is 12.9. The fourth-order valence-corrected chi connectivity index (χ4v) is 1.28. The Morgan fingerprint density at radius 3 is 2.92 bits per heavy atom. The van der Waals surface area contributed by atoms with E-state index in [-0.39, 0.29) is 12.3 Å². The van der Waals surface area contributed by atoms with Crippen LogP contribution in [0.4, 0.5) is 4.39 Å². The van der Waals surface area contributed by atoms with Crippen LogP contribution < -0.4 is 5.73 Å². The maximum atomic E-state index is 13.2. The monoisotopic (exact) mass is 248 g/mol. The van der Waals surface area contributed by atoms with Crippen LogP contribution in [0.5, 0.6) is 0 Å². The number of nitrogens with zero attached hydrogens (tertiary/aromatic N) is 1. The summed E-state index contributed by atoms with van der Waals surface area (Å²) in [6.07, 6.45) is 1.79. The maximum Gasteiger partial charge on any atom is 0.147 e. The summed E-state index contributed by atoms with van der Waals surface area (Å²) in [5, 5.41) is 8.60. The minimum atomic E-state index is -0.543. The van der Waals surface area contributed by atoms with Crippen molar-refractivity contribution in [3.8, 4) is 0 Å². The number of aliphatic hydroxyl groups is 1. The Bertz CT molecular complexity index is 295. The van der Waals surface area contributed by atoms with Gasteiger partial charge in [0.1, 0.15) is 5.82 Å². The Kier molecular flexibility index (Phi) is 3.77. The molecule has 5 heteroatoms. The van der Waals surface area contributed by atoms with Gasteiger partial charge in [0.2, 0.25) is 0 Å². The van der Waals surface area contributed by atoms with E-state index in [0.29, 0.717) is 10.9 Å². The first-order chi connectivity index (χ1) is 6.15. The second-order valence-electron chi connectivity index (χ2n) is 2.64. The third-order valence-corrected chi connectivity index (χ3v) is 2.06. The summed E-state index contributed by atoms with van der Waals surface area (Å²) in [6.45, 7) is -0.0711. The van der Waals surface area contributed by atoms with Crippen molar-refractivity contribution in [2.75, 3.05) is 6.61 Å². The molecular weight excluding hydrogens is 239 g/mol. The van der Waals surface area contributed by atoms with Crippen LogP contribution >= 0.6 is 15.9 Å². The van der Waals surface area contributed by atoms with Crippen LogP contribution in [-0.4, -0.2) is 16.7 Å². The molecule has 0 aliphatic heterocycles. The Morgan fingerprint density at radius 2 is 2.38 bits per heavy atom. The number of rotatable bonds is 3. The zero-order valence-corrected chi connectivity index (χ0v) is 8.46. The Labute approximate surface area is 83.9 Å². The largest absolute Gasteiger partial charge is 0.396 e. The SMILES string of the molecule is NC(CCO)c1ncc(Br)cc1F. The van der Waals surface area contributed by atoms with Crippen LogP contribution in [0.25, 0.3) is 0 Å². The van der Waals surface area contributed by atoms with Crippen molar-refractivity contribution in [2.45, 2.75) is 12.5 Å². The lowest BCUT2D eigenvalue weighted by Gasteiger charge is -2.09. The van der Waals surface area contributed by atoms with Crippen molar-refractivity contribution < 1.29 is 9.50 Å². The molecule has 0 aliphatic rings. The van der Waals surface area contributed by atoms with Crippen molar-refractivity contribution in [1.29, 1.82) is 0 Å². The lowest BCUT2D eigenvalue weighted by Crippen LogP contribution is -2.15. The topological polar surface area (TPSA) is 59.1 Å². The summed E-state index contributed by atoms with van der Waals surface area (Å²) in [5.74, 6) is -0.449. The van der Waals surface area contributed by atoms with E-state index in [9.17, 15) is 4.39 Å². The fraction of sp³-hybridized carbons (Fsp3) is 0.375. The number of hydrogen-bond acceptors (Lipinski definition) is 3. The second kappa shape index (κ2) is 4.64. The molecule has 13 heavy (non-hydrogen) atoms. The van der Waals surface area contributed by atoms with Crippen molar-refractivity contribution in [2.24, 2.45) is 5.73 Å². The zero-order chi connectivity index (χ0) is 9.84. The van der Waals surface area contributed by atoms with Crippen LogP contribution in [-0.2, 0) is 0 Å². The molecule has 0 amide bonds. The highest BCUT2D eigenvalue weighted by atomic mass is 79.9. The van der Waals surface area contributed by atoms with Crippen LogP contribution in [0.3, 0.4) is 0 Å². The van der Waals surface area contributed by atoms with Crippen molar-refractivity contribution >= 4 is 15.9 Å². The minimum Gasteiger partial charge on any atom is -0.396 e. The molecular formula is C8H10BrFN2O. The van der Waals surface area contributed by atoms with E-state index in [4.69, 9.17) is 10.8 Å². The molecule has 0 saturated heterocycles. The van der Waals surface area contributed by atoms with Gasteiger partial charge in [-0.05, 0) is 28.4 Å². The zero-order valence-electron chi connectivity index (χ0n) is 6.87. The fourth-order valence-electron chi connectivity index (χ4n) is 0.974. The molecule has 0 aliphatic carbocycles. The van der Waals surface area contributed by atoms with E-state index in [2.05, 4.69) is 20.9 Å². The molecule has 0 bridgehead atoms. The van der Waals surface area contributed by atoms with Gasteiger partial charge in [-0.3, -0.25) is 4.98 Å². The molecule has 0 aromatic carbocycles. The third kappa shape index (κ3) is 2.72. The molecule has 1 aromatic heterocycles. The van der Waals surface area contributed by atoms with Gasteiger partial charge in [-0.25, -0.2) is 4.39 Å². The summed E-state index contributed by atoms with van der Waals surface area (Å²) in [6, 6.07) is 0.762. The molecule has 1 aromatic rings. The lowest BCUT2D eigenvalue weighted by molar-refractivity contribution is 0.274. The summed E-state index contributed by atoms with van der Waals surface area (Å²) in [5.41, 5.74) is 5.77. The first-order valence-corrected chi connectivity index (χ1v) is 4.62. The molecule has 0 saturated carbocycles. The van der Waals surface area contributed by atoms with Crippen LogP contribution in [0.2, 0.25) is 0 Å². The van der Waals surface area contributed by atoms with E-state index in [1.165, 1.54) is 12.3 Å². The van der Waals surface area contributed by atoms with Gasteiger partial charge in [-0.15, -0.1) is 0 Å². The first kappa shape index (κ1) is 10.6. The van der Waals surface area contributed by atoms with Crippen LogP contribution in [0.1, 0.15) is 18.2 Å². The standard InChI is InChI=1S/C8H10BrFN2O/c9-5-3-6(10)8(12-4-5)7(11)1-2-13/h3-4,7,13H,1-2,11H2. The average molecular weight is 249 g/mol. The number of hydrogen-bond donors (Lipinski definition) is 2. The smallest absolute Gasteiger partial charge is 0.147 e. The molecule has 3 nitrogen and oxygen atoms in total. The number of aromatic nitrogens is 1. The molecule has 1 heterocycles. The van der Waals surface area contributed by atoms with Gasteiger partial charge in [-0.2, -0.15) is 0 Å². The van der Waals surface area contributed by atoms with E-state index in [1.807, 2.05) is 0 Å². The van der Waals surface area contributed by atoms with Crippen molar-refractivity contribution in [3.05, 3.63) is 28.2 Å².